The molecule has 2 N–H and O–H groups in total. The molecule has 1 saturated carbocycles. The normalized spacial score (nSPS) is 18.9. The maximum absolute atomic E-state index is 6.07. The van der Waals surface area contributed by atoms with Crippen molar-refractivity contribution >= 4 is 35.3 Å². The van der Waals surface area contributed by atoms with Gasteiger partial charge in [-0.25, -0.2) is 0 Å². The Hall–Kier alpha value is 0.240. The van der Waals surface area contributed by atoms with Crippen LogP contribution in [0.25, 0.3) is 0 Å². The molecule has 13 heavy (non-hydrogen) atoms. The largest absolute Gasteiger partial charge is 0.323 e. The van der Waals surface area contributed by atoms with E-state index in [1.54, 1.807) is 11.3 Å². The van der Waals surface area contributed by atoms with Crippen LogP contribution < -0.4 is 5.73 Å². The molecule has 1 aliphatic carbocycles. The van der Waals surface area contributed by atoms with Crippen LogP contribution in [0.15, 0.2) is 11.4 Å². The van der Waals surface area contributed by atoms with Gasteiger partial charge >= 0.3 is 0 Å². The van der Waals surface area contributed by atoms with Gasteiger partial charge in [0.15, 0.2) is 0 Å². The van der Waals surface area contributed by atoms with E-state index in [2.05, 4.69) is 0 Å². The van der Waals surface area contributed by atoms with Crippen LogP contribution in [0.1, 0.15) is 30.2 Å². The highest BCUT2D eigenvalue weighted by Crippen LogP contribution is 2.40. The van der Waals surface area contributed by atoms with Gasteiger partial charge in [-0.1, -0.05) is 18.0 Å². The molecule has 1 nitrogen and oxygen atoms in total. The molecule has 0 amide bonds. The van der Waals surface area contributed by atoms with E-state index in [0.717, 1.165) is 5.02 Å². The van der Waals surface area contributed by atoms with Crippen LogP contribution in [0.3, 0.4) is 0 Å². The predicted octanol–water partition coefficient (Wildman–Crippen LogP) is 3.62. The summed E-state index contributed by atoms with van der Waals surface area (Å²) in [6, 6.07) is 2.12. The molecule has 1 aliphatic rings. The summed E-state index contributed by atoms with van der Waals surface area (Å²) in [5.74, 6) is 0.682. The van der Waals surface area contributed by atoms with Crippen molar-refractivity contribution in [1.82, 2.24) is 0 Å². The van der Waals surface area contributed by atoms with Gasteiger partial charge < -0.3 is 5.73 Å². The van der Waals surface area contributed by atoms with Crippen LogP contribution in [-0.2, 0) is 0 Å². The van der Waals surface area contributed by atoms with Crippen LogP contribution >= 0.6 is 35.3 Å². The second kappa shape index (κ2) is 4.65. The van der Waals surface area contributed by atoms with Crippen molar-refractivity contribution in [1.29, 1.82) is 0 Å². The van der Waals surface area contributed by atoms with E-state index in [1.165, 1.54) is 24.1 Å². The maximum Gasteiger partial charge on any atom is 0.0561 e. The van der Waals surface area contributed by atoms with E-state index >= 15 is 0 Å². The van der Waals surface area contributed by atoms with Gasteiger partial charge in [0.2, 0.25) is 0 Å². The highest BCUT2D eigenvalue weighted by molar-refractivity contribution is 7.10. The van der Waals surface area contributed by atoms with Crippen molar-refractivity contribution in [2.45, 2.75) is 25.3 Å². The van der Waals surface area contributed by atoms with E-state index < -0.39 is 0 Å². The summed E-state index contributed by atoms with van der Waals surface area (Å²) < 4.78 is 0. The molecule has 1 fully saturated rings. The van der Waals surface area contributed by atoms with Gasteiger partial charge in [-0.15, -0.1) is 23.7 Å². The lowest BCUT2D eigenvalue weighted by Gasteiger charge is -2.30. The minimum Gasteiger partial charge on any atom is -0.323 e. The molecule has 1 heterocycles. The van der Waals surface area contributed by atoms with Gasteiger partial charge in [0.25, 0.3) is 0 Å². The van der Waals surface area contributed by atoms with Gasteiger partial charge in [0.1, 0.15) is 0 Å². The van der Waals surface area contributed by atoms with Gasteiger partial charge in [-0.05, 0) is 30.2 Å². The zero-order valence-corrected chi connectivity index (χ0v) is 9.59. The topological polar surface area (TPSA) is 26.0 Å². The summed E-state index contributed by atoms with van der Waals surface area (Å²) in [5, 5.41) is 2.86. The van der Waals surface area contributed by atoms with Gasteiger partial charge in [0.05, 0.1) is 5.02 Å². The summed E-state index contributed by atoms with van der Waals surface area (Å²) in [5.41, 5.74) is 6.07. The van der Waals surface area contributed by atoms with Crippen molar-refractivity contribution in [3.05, 3.63) is 21.3 Å². The summed E-state index contributed by atoms with van der Waals surface area (Å²) in [6.45, 7) is 0. The summed E-state index contributed by atoms with van der Waals surface area (Å²) in [7, 11) is 0. The Morgan fingerprint density at radius 3 is 2.62 bits per heavy atom. The molecule has 0 saturated heterocycles. The molecular weight excluding hydrogens is 225 g/mol. The Kier molecular flexibility index (Phi) is 4.05. The molecule has 0 aromatic carbocycles. The molecular formula is C9H13Cl2NS. The number of thiophene rings is 1. The number of rotatable bonds is 2. The summed E-state index contributed by atoms with van der Waals surface area (Å²) in [4.78, 5) is 1.17. The fourth-order valence-electron chi connectivity index (χ4n) is 1.56. The Bertz CT molecular complexity index is 270. The number of halogens is 2. The smallest absolute Gasteiger partial charge is 0.0561 e. The second-order valence-electron chi connectivity index (χ2n) is 3.35. The quantitative estimate of drug-likeness (QED) is 0.836. The van der Waals surface area contributed by atoms with Crippen LogP contribution in [0, 0.1) is 5.92 Å². The molecule has 0 aliphatic heterocycles. The monoisotopic (exact) mass is 237 g/mol. The van der Waals surface area contributed by atoms with E-state index in [1.807, 2.05) is 11.4 Å². The Morgan fingerprint density at radius 2 is 2.23 bits per heavy atom. The maximum atomic E-state index is 6.07. The first kappa shape index (κ1) is 11.3. The fraction of sp³-hybridized carbons (Fsp3) is 0.556. The lowest BCUT2D eigenvalue weighted by molar-refractivity contribution is 0.267. The van der Waals surface area contributed by atoms with E-state index in [-0.39, 0.29) is 18.4 Å². The van der Waals surface area contributed by atoms with Crippen LogP contribution in [-0.4, -0.2) is 0 Å². The molecule has 0 radical (unpaired) electrons. The SMILES string of the molecule is Cl.N[C@H](c1sccc1Cl)C1CCC1. The first-order valence-corrected chi connectivity index (χ1v) is 5.53. The minimum absolute atomic E-state index is 0. The van der Waals surface area contributed by atoms with Crippen molar-refractivity contribution in [2.24, 2.45) is 11.7 Å². The second-order valence-corrected chi connectivity index (χ2v) is 4.70. The van der Waals surface area contributed by atoms with Crippen molar-refractivity contribution in [3.8, 4) is 0 Å². The third-order valence-corrected chi connectivity index (χ3v) is 4.07. The lowest BCUT2D eigenvalue weighted by Crippen LogP contribution is -2.26. The molecule has 1 atom stereocenters. The van der Waals surface area contributed by atoms with E-state index in [9.17, 15) is 0 Å². The van der Waals surface area contributed by atoms with Gasteiger partial charge in [0, 0.05) is 10.9 Å². The number of nitrogens with two attached hydrogens (primary N) is 1. The highest BCUT2D eigenvalue weighted by Gasteiger charge is 2.27. The fourth-order valence-corrected chi connectivity index (χ4v) is 2.83. The van der Waals surface area contributed by atoms with Crippen LogP contribution in [0.2, 0.25) is 5.02 Å². The van der Waals surface area contributed by atoms with Crippen molar-refractivity contribution in [3.63, 3.8) is 0 Å². The number of hydrogen-bond acceptors (Lipinski definition) is 2. The zero-order chi connectivity index (χ0) is 8.55. The molecule has 0 unspecified atom stereocenters. The third kappa shape index (κ3) is 2.18. The van der Waals surface area contributed by atoms with Crippen LogP contribution in [0.5, 0.6) is 0 Å². The van der Waals surface area contributed by atoms with Gasteiger partial charge in [-0.2, -0.15) is 0 Å². The summed E-state index contributed by atoms with van der Waals surface area (Å²) in [6.07, 6.45) is 3.88. The predicted molar refractivity (Wildman–Crippen MR) is 60.8 cm³/mol. The first-order chi connectivity index (χ1) is 5.79. The van der Waals surface area contributed by atoms with E-state index in [4.69, 9.17) is 17.3 Å². The average Bonchev–Trinajstić information content (AvgIpc) is 2.31. The molecule has 0 spiro atoms. The first-order valence-electron chi connectivity index (χ1n) is 4.27. The van der Waals surface area contributed by atoms with Gasteiger partial charge in [-0.3, -0.25) is 0 Å². The Morgan fingerprint density at radius 1 is 1.54 bits per heavy atom. The molecule has 0 bridgehead atoms. The van der Waals surface area contributed by atoms with Crippen molar-refractivity contribution < 1.29 is 0 Å². The highest BCUT2D eigenvalue weighted by atomic mass is 35.5. The zero-order valence-electron chi connectivity index (χ0n) is 7.20. The van der Waals surface area contributed by atoms with Crippen LogP contribution in [0.4, 0.5) is 0 Å². The lowest BCUT2D eigenvalue weighted by atomic mass is 9.79. The molecule has 1 aromatic rings. The summed E-state index contributed by atoms with van der Waals surface area (Å²) >= 11 is 7.67. The molecule has 2 rings (SSSR count). The third-order valence-electron chi connectivity index (χ3n) is 2.61. The van der Waals surface area contributed by atoms with E-state index in [0.29, 0.717) is 5.92 Å². The molecule has 1 aromatic heterocycles. The minimum atomic E-state index is 0. The van der Waals surface area contributed by atoms with Crippen molar-refractivity contribution in [2.75, 3.05) is 0 Å². The molecule has 4 heteroatoms. The number of hydrogen-bond donors (Lipinski definition) is 1. The Labute approximate surface area is 93.7 Å². The molecule has 74 valence electrons. The standard InChI is InChI=1S/C9H12ClNS.ClH/c10-7-4-5-12-9(7)8(11)6-2-1-3-6;/h4-6,8H,1-3,11H2;1H/t8-;/m0./s1. The Balaban J connectivity index is 0.000000845. The average molecular weight is 238 g/mol.